The Balaban J connectivity index is 1.79. The maximum atomic E-state index is 13.0. The monoisotopic (exact) mass is 273 g/mol. The predicted octanol–water partition coefficient (Wildman–Crippen LogP) is 2.47. The van der Waals surface area contributed by atoms with Crippen molar-refractivity contribution >= 4 is 23.5 Å². The van der Waals surface area contributed by atoms with E-state index in [4.69, 9.17) is 0 Å². The van der Waals surface area contributed by atoms with Gasteiger partial charge in [-0.25, -0.2) is 4.39 Å². The van der Waals surface area contributed by atoms with E-state index in [-0.39, 0.29) is 11.6 Å². The summed E-state index contributed by atoms with van der Waals surface area (Å²) in [5.41, 5.74) is 0.624. The van der Waals surface area contributed by atoms with Crippen molar-refractivity contribution in [2.75, 3.05) is 23.8 Å². The molecule has 2 N–H and O–H groups in total. The van der Waals surface area contributed by atoms with Crippen LogP contribution in [-0.4, -0.2) is 34.2 Å². The fourth-order valence-corrected chi connectivity index (χ4v) is 4.36. The van der Waals surface area contributed by atoms with E-state index in [1.165, 1.54) is 35.5 Å². The van der Waals surface area contributed by atoms with Crippen molar-refractivity contribution in [3.8, 4) is 5.75 Å². The van der Waals surface area contributed by atoms with Crippen LogP contribution < -0.4 is 5.32 Å². The van der Waals surface area contributed by atoms with Gasteiger partial charge in [0.1, 0.15) is 11.6 Å². The zero-order valence-corrected chi connectivity index (χ0v) is 11.1. The first-order valence-corrected chi connectivity index (χ1v) is 7.83. The maximum absolute atomic E-state index is 13.0. The summed E-state index contributed by atoms with van der Waals surface area (Å²) in [6.45, 7) is 1.43. The van der Waals surface area contributed by atoms with E-state index in [0.717, 1.165) is 6.54 Å². The minimum absolute atomic E-state index is 0.157. The molecule has 2 rings (SSSR count). The molecule has 1 aromatic rings. The van der Waals surface area contributed by atoms with Gasteiger partial charge in [0, 0.05) is 41.2 Å². The number of benzene rings is 1. The van der Waals surface area contributed by atoms with E-state index >= 15 is 0 Å². The summed E-state index contributed by atoms with van der Waals surface area (Å²) in [6.07, 6.45) is 0. The molecule has 1 saturated heterocycles. The highest BCUT2D eigenvalue weighted by atomic mass is 32.2. The Morgan fingerprint density at radius 3 is 3.06 bits per heavy atom. The van der Waals surface area contributed by atoms with Crippen LogP contribution in [0.1, 0.15) is 5.56 Å². The molecule has 0 radical (unpaired) electrons. The van der Waals surface area contributed by atoms with Crippen LogP contribution in [0.2, 0.25) is 0 Å². The minimum Gasteiger partial charge on any atom is -0.508 e. The zero-order valence-electron chi connectivity index (χ0n) is 9.49. The molecule has 1 aliphatic heterocycles. The molecule has 2 nitrogen and oxygen atoms in total. The van der Waals surface area contributed by atoms with E-state index in [1.807, 2.05) is 23.5 Å². The van der Waals surface area contributed by atoms with Crippen LogP contribution in [0.15, 0.2) is 18.2 Å². The van der Waals surface area contributed by atoms with Crippen molar-refractivity contribution in [1.82, 2.24) is 5.32 Å². The maximum Gasteiger partial charge on any atom is 0.123 e. The fraction of sp³-hybridized carbons (Fsp3) is 0.500. The summed E-state index contributed by atoms with van der Waals surface area (Å²) in [5.74, 6) is 3.48. The van der Waals surface area contributed by atoms with Crippen LogP contribution >= 0.6 is 23.5 Å². The average molecular weight is 273 g/mol. The first kappa shape index (κ1) is 13.1. The van der Waals surface area contributed by atoms with Crippen molar-refractivity contribution in [3.05, 3.63) is 29.6 Å². The van der Waals surface area contributed by atoms with Crippen LogP contribution in [-0.2, 0) is 6.54 Å². The van der Waals surface area contributed by atoms with Gasteiger partial charge in [-0.15, -0.1) is 0 Å². The Labute approximate surface area is 109 Å². The highest BCUT2D eigenvalue weighted by Crippen LogP contribution is 2.23. The van der Waals surface area contributed by atoms with Gasteiger partial charge in [-0.3, -0.25) is 0 Å². The van der Waals surface area contributed by atoms with Gasteiger partial charge in [-0.1, -0.05) is 0 Å². The number of hydrogen-bond donors (Lipinski definition) is 2. The smallest absolute Gasteiger partial charge is 0.123 e. The molecule has 17 heavy (non-hydrogen) atoms. The largest absolute Gasteiger partial charge is 0.508 e. The molecular formula is C12H16FNOS2. The van der Waals surface area contributed by atoms with Crippen molar-refractivity contribution in [2.24, 2.45) is 0 Å². The highest BCUT2D eigenvalue weighted by molar-refractivity contribution is 8.06. The van der Waals surface area contributed by atoms with Gasteiger partial charge >= 0.3 is 0 Å². The summed E-state index contributed by atoms with van der Waals surface area (Å²) in [6, 6.07) is 4.05. The van der Waals surface area contributed by atoms with Crippen molar-refractivity contribution in [1.29, 1.82) is 0 Å². The topological polar surface area (TPSA) is 32.3 Å². The van der Waals surface area contributed by atoms with Gasteiger partial charge in [0.2, 0.25) is 0 Å². The zero-order chi connectivity index (χ0) is 12.1. The van der Waals surface area contributed by atoms with Crippen molar-refractivity contribution in [3.63, 3.8) is 0 Å². The number of hydrogen-bond acceptors (Lipinski definition) is 4. The third-order valence-corrected chi connectivity index (χ3v) is 5.46. The first-order chi connectivity index (χ1) is 8.25. The molecule has 1 aliphatic rings. The third kappa shape index (κ3) is 4.08. The first-order valence-electron chi connectivity index (χ1n) is 5.63. The van der Waals surface area contributed by atoms with Crippen LogP contribution in [0.3, 0.4) is 0 Å². The Kier molecular flexibility index (Phi) is 5.00. The fourth-order valence-electron chi connectivity index (χ4n) is 1.72. The van der Waals surface area contributed by atoms with Crippen LogP contribution in [0.4, 0.5) is 4.39 Å². The second kappa shape index (κ2) is 6.52. The highest BCUT2D eigenvalue weighted by Gasteiger charge is 2.13. The lowest BCUT2D eigenvalue weighted by Gasteiger charge is -2.21. The molecule has 1 aromatic carbocycles. The second-order valence-corrected chi connectivity index (χ2v) is 6.53. The standard InChI is InChI=1S/C12H16FNOS2/c13-10-1-2-12(15)9(5-10)6-14-7-11-8-16-3-4-17-11/h1-2,5,11,14-15H,3-4,6-8H2. The average Bonchev–Trinajstić information content (AvgIpc) is 2.35. The van der Waals surface area contributed by atoms with Crippen LogP contribution in [0.5, 0.6) is 5.75 Å². The molecule has 0 aliphatic carbocycles. The molecule has 0 aromatic heterocycles. The van der Waals surface area contributed by atoms with Crippen LogP contribution in [0.25, 0.3) is 0 Å². The SMILES string of the molecule is Oc1ccc(F)cc1CNCC1CSCCS1. The summed E-state index contributed by atoms with van der Waals surface area (Å²) in [7, 11) is 0. The summed E-state index contributed by atoms with van der Waals surface area (Å²) in [5, 5.41) is 13.5. The Morgan fingerprint density at radius 1 is 1.41 bits per heavy atom. The van der Waals surface area contributed by atoms with Crippen LogP contribution in [0, 0.1) is 5.82 Å². The Bertz CT molecular complexity index is 370. The number of nitrogens with one attached hydrogen (secondary N) is 1. The number of aromatic hydroxyl groups is 1. The molecule has 1 unspecified atom stereocenters. The molecule has 0 bridgehead atoms. The molecular weight excluding hydrogens is 257 g/mol. The van der Waals surface area contributed by atoms with Gasteiger partial charge in [0.15, 0.2) is 0 Å². The normalized spacial score (nSPS) is 20.4. The van der Waals surface area contributed by atoms with E-state index in [1.54, 1.807) is 0 Å². The number of phenols is 1. The lowest BCUT2D eigenvalue weighted by molar-refractivity contribution is 0.461. The molecule has 1 fully saturated rings. The minimum atomic E-state index is -0.304. The molecule has 0 spiro atoms. The third-order valence-electron chi connectivity index (χ3n) is 2.61. The number of halogens is 1. The quantitative estimate of drug-likeness (QED) is 0.883. The van der Waals surface area contributed by atoms with E-state index in [0.29, 0.717) is 17.4 Å². The number of rotatable bonds is 4. The molecule has 1 heterocycles. The van der Waals surface area contributed by atoms with Gasteiger partial charge in [0.05, 0.1) is 0 Å². The van der Waals surface area contributed by atoms with E-state index in [2.05, 4.69) is 5.32 Å². The molecule has 0 saturated carbocycles. The Hall–Kier alpha value is -0.390. The summed E-state index contributed by atoms with van der Waals surface area (Å²) in [4.78, 5) is 0. The van der Waals surface area contributed by atoms with Gasteiger partial charge < -0.3 is 10.4 Å². The number of phenolic OH excluding ortho intramolecular Hbond substituents is 1. The molecule has 5 heteroatoms. The summed E-state index contributed by atoms with van der Waals surface area (Å²) < 4.78 is 13.0. The predicted molar refractivity (Wildman–Crippen MR) is 73.3 cm³/mol. The van der Waals surface area contributed by atoms with Gasteiger partial charge in [-0.05, 0) is 18.2 Å². The van der Waals surface area contributed by atoms with E-state index in [9.17, 15) is 9.50 Å². The van der Waals surface area contributed by atoms with E-state index < -0.39 is 0 Å². The molecule has 1 atom stereocenters. The molecule has 94 valence electrons. The van der Waals surface area contributed by atoms with Gasteiger partial charge in [0.25, 0.3) is 0 Å². The van der Waals surface area contributed by atoms with Crippen molar-refractivity contribution in [2.45, 2.75) is 11.8 Å². The van der Waals surface area contributed by atoms with Gasteiger partial charge in [-0.2, -0.15) is 23.5 Å². The lowest BCUT2D eigenvalue weighted by atomic mass is 10.2. The number of thioether (sulfide) groups is 2. The Morgan fingerprint density at radius 2 is 2.29 bits per heavy atom. The molecule has 0 amide bonds. The second-order valence-electron chi connectivity index (χ2n) is 3.97. The summed E-state index contributed by atoms with van der Waals surface area (Å²) >= 11 is 3.97. The van der Waals surface area contributed by atoms with Crippen molar-refractivity contribution < 1.29 is 9.50 Å². The lowest BCUT2D eigenvalue weighted by Crippen LogP contribution is -2.28.